The molecule has 0 fully saturated rings. The van der Waals surface area contributed by atoms with Gasteiger partial charge in [0.15, 0.2) is 0 Å². The Bertz CT molecular complexity index is 957. The molecular weight excluding hydrogens is 405 g/mol. The highest BCUT2D eigenvalue weighted by Gasteiger charge is 2.45. The minimum atomic E-state index is -2.18. The van der Waals surface area contributed by atoms with E-state index in [1.165, 1.54) is 22.0 Å². The molecule has 0 atom stereocenters. The molecule has 0 aliphatic rings. The van der Waals surface area contributed by atoms with Crippen LogP contribution in [0.25, 0.3) is 0 Å². The minimum absolute atomic E-state index is 0. The van der Waals surface area contributed by atoms with Crippen LogP contribution in [0.3, 0.4) is 0 Å². The molecular formula is C25H20ClF2P. The van der Waals surface area contributed by atoms with Gasteiger partial charge >= 0.3 is 0 Å². The van der Waals surface area contributed by atoms with E-state index in [1.54, 1.807) is 6.07 Å². The molecule has 0 unspecified atom stereocenters. The fourth-order valence-corrected chi connectivity index (χ4v) is 7.93. The normalized spacial score (nSPS) is 11.0. The largest absolute Gasteiger partial charge is 1.00 e. The lowest BCUT2D eigenvalue weighted by Crippen LogP contribution is -3.00. The molecule has 4 heteroatoms. The molecule has 0 radical (unpaired) electrons. The molecule has 4 aromatic rings. The van der Waals surface area contributed by atoms with E-state index < -0.39 is 18.9 Å². The van der Waals surface area contributed by atoms with Crippen molar-refractivity contribution in [2.24, 2.45) is 0 Å². The van der Waals surface area contributed by atoms with Crippen molar-refractivity contribution >= 4 is 23.2 Å². The van der Waals surface area contributed by atoms with E-state index in [0.717, 1.165) is 6.07 Å². The lowest BCUT2D eigenvalue weighted by molar-refractivity contribution is -0.00000666. The van der Waals surface area contributed by atoms with Gasteiger partial charge in [0.2, 0.25) is 0 Å². The first kappa shape index (κ1) is 21.2. The topological polar surface area (TPSA) is 0 Å². The zero-order valence-electron chi connectivity index (χ0n) is 15.7. The molecule has 0 aliphatic carbocycles. The highest BCUT2D eigenvalue weighted by Crippen LogP contribution is 2.58. The van der Waals surface area contributed by atoms with E-state index in [0.29, 0.717) is 11.7 Å². The zero-order valence-corrected chi connectivity index (χ0v) is 17.3. The number of halogens is 3. The first-order chi connectivity index (χ1) is 13.7. The van der Waals surface area contributed by atoms with Gasteiger partial charge in [0, 0.05) is 11.6 Å². The first-order valence-electron chi connectivity index (χ1n) is 9.19. The van der Waals surface area contributed by atoms with Gasteiger partial charge in [-0.2, -0.15) is 0 Å². The van der Waals surface area contributed by atoms with Gasteiger partial charge in [-0.1, -0.05) is 54.6 Å². The molecule has 0 saturated heterocycles. The van der Waals surface area contributed by atoms with Crippen molar-refractivity contribution in [3.63, 3.8) is 0 Å². The Morgan fingerprint density at radius 2 is 0.966 bits per heavy atom. The Balaban J connectivity index is 0.00000240. The minimum Gasteiger partial charge on any atom is -1.00 e. The van der Waals surface area contributed by atoms with Gasteiger partial charge in [-0.05, 0) is 48.5 Å². The molecule has 146 valence electrons. The molecule has 0 spiro atoms. The molecule has 0 amide bonds. The Hall–Kier alpha value is -2.54. The van der Waals surface area contributed by atoms with Crippen LogP contribution in [0.1, 0.15) is 5.56 Å². The summed E-state index contributed by atoms with van der Waals surface area (Å²) in [5.41, 5.74) is 0.534. The molecule has 0 heterocycles. The molecule has 0 N–H and O–H groups in total. The number of hydrogen-bond donors (Lipinski definition) is 0. The third kappa shape index (κ3) is 4.24. The maximum Gasteiger partial charge on any atom is 0.132 e. The van der Waals surface area contributed by atoms with Crippen molar-refractivity contribution in [2.45, 2.75) is 6.16 Å². The number of rotatable bonds is 5. The van der Waals surface area contributed by atoms with Crippen molar-refractivity contribution in [3.05, 3.63) is 126 Å². The van der Waals surface area contributed by atoms with E-state index in [2.05, 4.69) is 36.4 Å². The summed E-state index contributed by atoms with van der Waals surface area (Å²) in [5.74, 6) is -1.04. The SMILES string of the molecule is Fc1ccc(C[P+](c2ccccc2)(c2ccccc2)c2ccccc2)c(F)c1.[Cl-]. The van der Waals surface area contributed by atoms with Crippen LogP contribution in [0.2, 0.25) is 0 Å². The van der Waals surface area contributed by atoms with Crippen LogP contribution in [-0.4, -0.2) is 0 Å². The summed E-state index contributed by atoms with van der Waals surface area (Å²) >= 11 is 0. The summed E-state index contributed by atoms with van der Waals surface area (Å²) in [6.45, 7) is 0. The van der Waals surface area contributed by atoms with Crippen LogP contribution in [-0.2, 0) is 6.16 Å². The van der Waals surface area contributed by atoms with Gasteiger partial charge in [-0.15, -0.1) is 0 Å². The van der Waals surface area contributed by atoms with E-state index >= 15 is 0 Å². The predicted octanol–water partition coefficient (Wildman–Crippen LogP) is 2.46. The molecule has 4 rings (SSSR count). The van der Waals surface area contributed by atoms with Crippen molar-refractivity contribution in [1.29, 1.82) is 0 Å². The smallest absolute Gasteiger partial charge is 0.132 e. The van der Waals surface area contributed by atoms with Crippen LogP contribution in [0.4, 0.5) is 8.78 Å². The highest BCUT2D eigenvalue weighted by atomic mass is 35.5. The first-order valence-corrected chi connectivity index (χ1v) is 11.2. The van der Waals surface area contributed by atoms with E-state index in [9.17, 15) is 8.78 Å². The predicted molar refractivity (Wildman–Crippen MR) is 115 cm³/mol. The van der Waals surface area contributed by atoms with Crippen LogP contribution in [0, 0.1) is 11.6 Å². The second kappa shape index (κ2) is 9.31. The molecule has 0 aromatic heterocycles. The monoisotopic (exact) mass is 424 g/mol. The van der Waals surface area contributed by atoms with Crippen molar-refractivity contribution in [1.82, 2.24) is 0 Å². The average Bonchev–Trinajstić information content (AvgIpc) is 2.75. The van der Waals surface area contributed by atoms with E-state index in [4.69, 9.17) is 0 Å². The average molecular weight is 425 g/mol. The molecule has 0 nitrogen and oxygen atoms in total. The van der Waals surface area contributed by atoms with Gasteiger partial charge in [0.1, 0.15) is 41.0 Å². The maximum atomic E-state index is 14.7. The molecule has 4 aromatic carbocycles. The van der Waals surface area contributed by atoms with Gasteiger partial charge in [-0.25, -0.2) is 8.78 Å². The molecule has 0 bridgehead atoms. The zero-order chi connectivity index (χ0) is 19.4. The summed E-state index contributed by atoms with van der Waals surface area (Å²) in [7, 11) is -2.18. The lowest BCUT2D eigenvalue weighted by atomic mass is 10.2. The third-order valence-corrected chi connectivity index (χ3v) is 9.37. The molecule has 0 saturated carbocycles. The van der Waals surface area contributed by atoms with Gasteiger partial charge in [-0.3, -0.25) is 0 Å². The fraction of sp³-hybridized carbons (Fsp3) is 0.0400. The maximum absolute atomic E-state index is 14.7. The van der Waals surface area contributed by atoms with Crippen LogP contribution in [0.15, 0.2) is 109 Å². The number of benzene rings is 4. The summed E-state index contributed by atoms with van der Waals surface area (Å²) in [6.07, 6.45) is 0.497. The van der Waals surface area contributed by atoms with Crippen LogP contribution in [0.5, 0.6) is 0 Å². The summed E-state index contributed by atoms with van der Waals surface area (Å²) in [6, 6.07) is 34.7. The fourth-order valence-electron chi connectivity index (χ4n) is 3.67. The van der Waals surface area contributed by atoms with Crippen LogP contribution >= 0.6 is 7.26 Å². The second-order valence-corrected chi connectivity index (χ2v) is 10.2. The molecule has 29 heavy (non-hydrogen) atoms. The van der Waals surface area contributed by atoms with Crippen molar-refractivity contribution < 1.29 is 21.2 Å². The molecule has 0 aliphatic heterocycles. The van der Waals surface area contributed by atoms with Gasteiger partial charge < -0.3 is 12.4 Å². The Kier molecular flexibility index (Phi) is 6.79. The second-order valence-electron chi connectivity index (χ2n) is 6.71. The van der Waals surface area contributed by atoms with Gasteiger partial charge in [0.25, 0.3) is 0 Å². The quantitative estimate of drug-likeness (QED) is 0.432. The lowest BCUT2D eigenvalue weighted by Gasteiger charge is -2.28. The Morgan fingerprint density at radius 1 is 0.552 bits per heavy atom. The van der Waals surface area contributed by atoms with E-state index in [-0.39, 0.29) is 12.4 Å². The number of hydrogen-bond acceptors (Lipinski definition) is 0. The summed E-state index contributed by atoms with van der Waals surface area (Å²) in [4.78, 5) is 0. The Labute approximate surface area is 177 Å². The third-order valence-electron chi connectivity index (χ3n) is 5.01. The summed E-state index contributed by atoms with van der Waals surface area (Å²) in [5, 5.41) is 3.53. The van der Waals surface area contributed by atoms with Crippen LogP contribution < -0.4 is 28.3 Å². The Morgan fingerprint density at radius 3 is 1.34 bits per heavy atom. The highest BCUT2D eigenvalue weighted by molar-refractivity contribution is 7.95. The van der Waals surface area contributed by atoms with E-state index in [1.807, 2.05) is 54.6 Å². The standard InChI is InChI=1S/C25H20F2P.ClH/c26-21-17-16-20(25(27)18-21)19-28(22-10-4-1-5-11-22,23-12-6-2-7-13-23)24-14-8-3-9-15-24;/h1-18H,19H2;1H/q+1;/p-1. The summed E-state index contributed by atoms with van der Waals surface area (Å²) < 4.78 is 28.2. The van der Waals surface area contributed by atoms with Crippen molar-refractivity contribution in [2.75, 3.05) is 0 Å². The van der Waals surface area contributed by atoms with Crippen molar-refractivity contribution in [3.8, 4) is 0 Å². The van der Waals surface area contributed by atoms with Gasteiger partial charge in [0.05, 0.1) is 0 Å².